The van der Waals surface area contributed by atoms with Crippen molar-refractivity contribution in [2.45, 2.75) is 88.4 Å². The van der Waals surface area contributed by atoms with Gasteiger partial charge in [0, 0.05) is 17.8 Å². The first-order valence-corrected chi connectivity index (χ1v) is 14.0. The van der Waals surface area contributed by atoms with Crippen LogP contribution in [-0.2, 0) is 23.9 Å². The van der Waals surface area contributed by atoms with Crippen LogP contribution in [0.3, 0.4) is 0 Å². The van der Waals surface area contributed by atoms with Crippen LogP contribution in [0.15, 0.2) is 46.3 Å². The summed E-state index contributed by atoms with van der Waals surface area (Å²) in [5.74, 6) is -34.4. The van der Waals surface area contributed by atoms with Gasteiger partial charge in [-0.05, 0) is 50.7 Å². The number of hydrogen-bond acceptors (Lipinski definition) is 5. The molecule has 0 fully saturated rings. The van der Waals surface area contributed by atoms with E-state index in [9.17, 15) is 75.8 Å². The third kappa shape index (κ3) is 5.51. The van der Waals surface area contributed by atoms with E-state index in [4.69, 9.17) is 0 Å². The molecule has 0 aromatic heterocycles. The first-order chi connectivity index (χ1) is 21.6. The van der Waals surface area contributed by atoms with E-state index in [0.717, 1.165) is 11.6 Å². The summed E-state index contributed by atoms with van der Waals surface area (Å²) in [4.78, 5) is 36.4. The highest BCUT2D eigenvalue weighted by Gasteiger charge is 2.78. The van der Waals surface area contributed by atoms with Gasteiger partial charge < -0.3 is 9.47 Å². The first kappa shape index (κ1) is 37.4. The minimum absolute atomic E-state index is 0.0209. The Balaban J connectivity index is 1.51. The number of ether oxygens (including phenoxy) is 2. The number of hydrogen-bond donors (Lipinski definition) is 0. The molecule has 0 bridgehead atoms. The van der Waals surface area contributed by atoms with Gasteiger partial charge in [-0.3, -0.25) is 4.79 Å². The van der Waals surface area contributed by atoms with Crippen molar-refractivity contribution in [1.82, 2.24) is 0 Å². The zero-order chi connectivity index (χ0) is 36.7. The van der Waals surface area contributed by atoms with Crippen LogP contribution in [0.2, 0.25) is 0 Å². The Bertz CT molecular complexity index is 1530. The molecule has 0 radical (unpaired) electrons. The first-order valence-electron chi connectivity index (χ1n) is 14.0. The smallest absolute Gasteiger partial charge is 0.453 e. The standard InChI is InChI=1S/C29H24F14O5/c1-22-9-7-14(48-21(46)25(32,33)27(36,37)29(41,42)43)11-13(22)3-4-15-16-8-10-23(2,18(16)6-5-17(15)22)19(44)12-47-20(45)24(30,31)26(34,35)28(38,39)40/h3,5,11,15H,4,6-10,12H2,1-2H3. The fourth-order valence-electron chi connectivity index (χ4n) is 6.53. The number of allylic oxidation sites excluding steroid dienone is 8. The van der Waals surface area contributed by atoms with Crippen molar-refractivity contribution in [2.75, 3.05) is 6.61 Å². The van der Waals surface area contributed by atoms with Gasteiger partial charge in [0.25, 0.3) is 0 Å². The highest BCUT2D eigenvalue weighted by molar-refractivity contribution is 5.92. The van der Waals surface area contributed by atoms with E-state index >= 15 is 0 Å². The number of alkyl halides is 14. The van der Waals surface area contributed by atoms with Crippen molar-refractivity contribution in [3.8, 4) is 0 Å². The van der Waals surface area contributed by atoms with E-state index in [1.54, 1.807) is 19.1 Å². The molecule has 0 heterocycles. The van der Waals surface area contributed by atoms with Crippen LogP contribution in [0.25, 0.3) is 0 Å². The second-order valence-corrected chi connectivity index (χ2v) is 12.3. The van der Waals surface area contributed by atoms with Crippen LogP contribution in [0, 0.1) is 16.7 Å². The van der Waals surface area contributed by atoms with Gasteiger partial charge >= 0.3 is 48.0 Å². The quantitative estimate of drug-likeness (QED) is 0.143. The summed E-state index contributed by atoms with van der Waals surface area (Å²) in [7, 11) is 0. The Kier molecular flexibility index (Phi) is 8.82. The molecule has 5 nitrogen and oxygen atoms in total. The number of rotatable bonds is 8. The Morgan fingerprint density at radius 1 is 0.771 bits per heavy atom. The Hall–Kier alpha value is -3.41. The molecule has 4 aliphatic carbocycles. The van der Waals surface area contributed by atoms with Gasteiger partial charge in [-0.25, -0.2) is 9.59 Å². The second kappa shape index (κ2) is 11.3. The van der Waals surface area contributed by atoms with E-state index in [2.05, 4.69) is 9.47 Å². The molecule has 0 N–H and O–H groups in total. The molecule has 0 saturated carbocycles. The fourth-order valence-corrected chi connectivity index (χ4v) is 6.53. The fraction of sp³-hybridized carbons (Fsp3) is 0.621. The zero-order valence-corrected chi connectivity index (χ0v) is 24.6. The van der Waals surface area contributed by atoms with Gasteiger partial charge in [0.2, 0.25) is 0 Å². The van der Waals surface area contributed by atoms with Crippen molar-refractivity contribution in [3.63, 3.8) is 0 Å². The van der Waals surface area contributed by atoms with Crippen LogP contribution >= 0.6 is 0 Å². The predicted molar refractivity (Wildman–Crippen MR) is 133 cm³/mol. The molecule has 3 atom stereocenters. The lowest BCUT2D eigenvalue weighted by atomic mass is 9.58. The van der Waals surface area contributed by atoms with Crippen LogP contribution in [0.1, 0.15) is 52.4 Å². The largest absolute Gasteiger partial charge is 0.460 e. The molecule has 0 saturated heterocycles. The summed E-state index contributed by atoms with van der Waals surface area (Å²) in [5.41, 5.74) is -0.0824. The number of halogens is 14. The number of carbonyl (C=O) groups excluding carboxylic acids is 3. The van der Waals surface area contributed by atoms with Gasteiger partial charge in [-0.1, -0.05) is 35.8 Å². The van der Waals surface area contributed by atoms with Crippen molar-refractivity contribution in [2.24, 2.45) is 16.7 Å². The van der Waals surface area contributed by atoms with Gasteiger partial charge in [-0.2, -0.15) is 61.5 Å². The van der Waals surface area contributed by atoms with Crippen molar-refractivity contribution in [1.29, 1.82) is 0 Å². The summed E-state index contributed by atoms with van der Waals surface area (Å²) in [6, 6.07) is 0. The molecule has 0 spiro atoms. The topological polar surface area (TPSA) is 69.7 Å². The van der Waals surface area contributed by atoms with Crippen LogP contribution < -0.4 is 0 Å². The third-order valence-corrected chi connectivity index (χ3v) is 9.49. The van der Waals surface area contributed by atoms with Crippen molar-refractivity contribution in [3.05, 3.63) is 46.3 Å². The van der Waals surface area contributed by atoms with Gasteiger partial charge in [0.05, 0.1) is 5.41 Å². The number of esters is 2. The molecule has 268 valence electrons. The molecule has 48 heavy (non-hydrogen) atoms. The summed E-state index contributed by atoms with van der Waals surface area (Å²) in [5, 5.41) is 0. The summed E-state index contributed by atoms with van der Waals surface area (Å²) >= 11 is 0. The molecular formula is C29H24F14O5. The Morgan fingerprint density at radius 3 is 1.85 bits per heavy atom. The van der Waals surface area contributed by atoms with Crippen molar-refractivity contribution >= 4 is 17.7 Å². The SMILES string of the molecule is CC12CCC(OC(=O)C(F)(F)C(F)(F)C(F)(F)F)=CC1=CCC1C2=CCC2=C1CCC2(C)C(=O)COC(=O)C(F)(F)C(F)(F)C(F)(F)F. The number of fused-ring (bicyclic) bond motifs is 4. The number of ketones is 1. The van der Waals surface area contributed by atoms with E-state index < -0.39 is 82.9 Å². The molecule has 0 aromatic carbocycles. The molecule has 19 heteroatoms. The van der Waals surface area contributed by atoms with Gasteiger partial charge in [-0.15, -0.1) is 0 Å². The lowest BCUT2D eigenvalue weighted by molar-refractivity contribution is -0.348. The normalized spacial score (nSPS) is 26.8. The van der Waals surface area contributed by atoms with E-state index in [0.29, 0.717) is 16.7 Å². The molecule has 3 unspecified atom stereocenters. The minimum Gasteiger partial charge on any atom is -0.453 e. The maximum Gasteiger partial charge on any atom is 0.460 e. The Morgan fingerprint density at radius 2 is 1.31 bits per heavy atom. The van der Waals surface area contributed by atoms with Gasteiger partial charge in [0.1, 0.15) is 5.76 Å². The second-order valence-electron chi connectivity index (χ2n) is 12.3. The maximum atomic E-state index is 13.8. The average Bonchev–Trinajstić information content (AvgIpc) is 3.32. The molecule has 0 aromatic rings. The summed E-state index contributed by atoms with van der Waals surface area (Å²) < 4.78 is 191. The minimum atomic E-state index is -6.79. The number of carbonyl (C=O) groups is 3. The number of Topliss-reactive ketones (excluding diaryl/α,β-unsaturated/α-hetero) is 1. The molecule has 0 amide bonds. The lowest BCUT2D eigenvalue weighted by Crippen LogP contribution is -2.57. The highest BCUT2D eigenvalue weighted by Crippen LogP contribution is 2.60. The monoisotopic (exact) mass is 718 g/mol. The summed E-state index contributed by atoms with van der Waals surface area (Å²) in [6.45, 7) is 1.54. The van der Waals surface area contributed by atoms with E-state index in [1.807, 2.05) is 0 Å². The van der Waals surface area contributed by atoms with Crippen LogP contribution in [0.5, 0.6) is 0 Å². The zero-order valence-electron chi connectivity index (χ0n) is 24.6. The maximum absolute atomic E-state index is 13.8. The molecule has 0 aliphatic heterocycles. The van der Waals surface area contributed by atoms with E-state index in [-0.39, 0.29) is 38.5 Å². The Labute approximate surface area is 261 Å². The van der Waals surface area contributed by atoms with Crippen LogP contribution in [0.4, 0.5) is 61.5 Å². The highest BCUT2D eigenvalue weighted by atomic mass is 19.4. The van der Waals surface area contributed by atoms with Crippen LogP contribution in [-0.4, -0.2) is 60.4 Å². The van der Waals surface area contributed by atoms with Gasteiger partial charge in [0.15, 0.2) is 12.4 Å². The lowest BCUT2D eigenvalue weighted by Gasteiger charge is -2.46. The van der Waals surface area contributed by atoms with Crippen molar-refractivity contribution < 1.29 is 85.3 Å². The molecule has 4 rings (SSSR count). The summed E-state index contributed by atoms with van der Waals surface area (Å²) in [6.07, 6.45) is -9.01. The third-order valence-electron chi connectivity index (χ3n) is 9.49. The molecular weight excluding hydrogens is 694 g/mol. The molecule has 4 aliphatic rings. The average molecular weight is 718 g/mol. The predicted octanol–water partition coefficient (Wildman–Crippen LogP) is 8.36. The van der Waals surface area contributed by atoms with E-state index in [1.165, 1.54) is 6.92 Å².